The number of carboxylic acids is 1. The first-order chi connectivity index (χ1) is 9.91. The average molecular weight is 298 g/mol. The first-order valence-corrected chi connectivity index (χ1v) is 7.88. The molecule has 6 heteroatoms. The van der Waals surface area contributed by atoms with Crippen LogP contribution in [0.2, 0.25) is 0 Å². The third-order valence-electron chi connectivity index (χ3n) is 4.80. The summed E-state index contributed by atoms with van der Waals surface area (Å²) in [5.41, 5.74) is -0.773. The van der Waals surface area contributed by atoms with Crippen LogP contribution in [0.3, 0.4) is 0 Å². The normalized spacial score (nSPS) is 28.1. The number of urea groups is 1. The number of aliphatic carboxylic acids is 1. The van der Waals surface area contributed by atoms with E-state index in [1.807, 2.05) is 0 Å². The highest BCUT2D eigenvalue weighted by molar-refractivity contribution is 5.76. The highest BCUT2D eigenvalue weighted by atomic mass is 16.4. The van der Waals surface area contributed by atoms with Gasteiger partial charge in [0.1, 0.15) is 0 Å². The SMILES string of the molecule is CN(CC1(O)CCCC1)C(=O)NC1CCCCC1C(=O)O. The van der Waals surface area contributed by atoms with Gasteiger partial charge in [-0.3, -0.25) is 4.79 Å². The molecule has 0 aromatic heterocycles. The Hall–Kier alpha value is -1.30. The van der Waals surface area contributed by atoms with E-state index in [-0.39, 0.29) is 12.1 Å². The molecule has 120 valence electrons. The Kier molecular flexibility index (Phi) is 5.08. The van der Waals surface area contributed by atoms with E-state index in [0.29, 0.717) is 19.4 Å². The fourth-order valence-electron chi connectivity index (χ4n) is 3.57. The van der Waals surface area contributed by atoms with Crippen LogP contribution in [0, 0.1) is 5.92 Å². The van der Waals surface area contributed by atoms with Crippen molar-refractivity contribution < 1.29 is 19.8 Å². The maximum absolute atomic E-state index is 12.2. The second-order valence-corrected chi connectivity index (χ2v) is 6.57. The number of carbonyl (C=O) groups excluding carboxylic acids is 1. The molecule has 2 amide bonds. The Bertz CT molecular complexity index is 393. The molecule has 0 saturated heterocycles. The summed E-state index contributed by atoms with van der Waals surface area (Å²) in [6, 6.07) is -0.585. The molecule has 0 aliphatic heterocycles. The Balaban J connectivity index is 1.88. The van der Waals surface area contributed by atoms with Crippen LogP contribution in [-0.2, 0) is 4.79 Å². The molecule has 6 nitrogen and oxygen atoms in total. The van der Waals surface area contributed by atoms with Crippen molar-refractivity contribution in [3.05, 3.63) is 0 Å². The number of rotatable bonds is 4. The molecule has 21 heavy (non-hydrogen) atoms. The van der Waals surface area contributed by atoms with E-state index in [4.69, 9.17) is 0 Å². The molecule has 0 radical (unpaired) electrons. The van der Waals surface area contributed by atoms with Crippen LogP contribution >= 0.6 is 0 Å². The van der Waals surface area contributed by atoms with Crippen molar-refractivity contribution in [3.8, 4) is 0 Å². The topological polar surface area (TPSA) is 89.9 Å². The molecule has 2 aliphatic carbocycles. The van der Waals surface area contributed by atoms with Crippen LogP contribution in [0.15, 0.2) is 0 Å². The molecule has 2 unspecified atom stereocenters. The Morgan fingerprint density at radius 2 is 1.81 bits per heavy atom. The van der Waals surface area contributed by atoms with Gasteiger partial charge < -0.3 is 20.4 Å². The molecule has 2 saturated carbocycles. The highest BCUT2D eigenvalue weighted by Gasteiger charge is 2.35. The monoisotopic (exact) mass is 298 g/mol. The molecule has 0 aromatic carbocycles. The van der Waals surface area contributed by atoms with Crippen molar-refractivity contribution in [1.29, 1.82) is 0 Å². The van der Waals surface area contributed by atoms with Crippen molar-refractivity contribution in [2.45, 2.75) is 63.0 Å². The van der Waals surface area contributed by atoms with E-state index in [0.717, 1.165) is 38.5 Å². The number of hydrogen-bond donors (Lipinski definition) is 3. The lowest BCUT2D eigenvalue weighted by molar-refractivity contribution is -0.143. The predicted octanol–water partition coefficient (Wildman–Crippen LogP) is 1.58. The zero-order chi connectivity index (χ0) is 15.5. The summed E-state index contributed by atoms with van der Waals surface area (Å²) in [5.74, 6) is -1.33. The zero-order valence-corrected chi connectivity index (χ0v) is 12.7. The standard InChI is InChI=1S/C15H26N2O4/c1-17(10-15(21)8-4-5-9-15)14(20)16-12-7-3-2-6-11(12)13(18)19/h11-12,21H,2-10H2,1H3,(H,16,20)(H,18,19). The number of hydrogen-bond acceptors (Lipinski definition) is 3. The van der Waals surface area contributed by atoms with Crippen LogP contribution in [0.5, 0.6) is 0 Å². The maximum atomic E-state index is 12.2. The lowest BCUT2D eigenvalue weighted by Crippen LogP contribution is -2.52. The first-order valence-electron chi connectivity index (χ1n) is 7.88. The molecule has 0 aromatic rings. The smallest absolute Gasteiger partial charge is 0.317 e. The van der Waals surface area contributed by atoms with E-state index < -0.39 is 17.5 Å². The van der Waals surface area contributed by atoms with Crippen molar-refractivity contribution in [2.24, 2.45) is 5.92 Å². The second-order valence-electron chi connectivity index (χ2n) is 6.57. The predicted molar refractivity (Wildman–Crippen MR) is 78.0 cm³/mol. The van der Waals surface area contributed by atoms with Gasteiger partial charge in [0.25, 0.3) is 0 Å². The van der Waals surface area contributed by atoms with Gasteiger partial charge in [0.05, 0.1) is 18.1 Å². The quantitative estimate of drug-likeness (QED) is 0.735. The van der Waals surface area contributed by atoms with Crippen molar-refractivity contribution in [2.75, 3.05) is 13.6 Å². The van der Waals surface area contributed by atoms with Crippen LogP contribution < -0.4 is 5.32 Å². The summed E-state index contributed by atoms with van der Waals surface area (Å²) >= 11 is 0. The van der Waals surface area contributed by atoms with Gasteiger partial charge in [0.2, 0.25) is 0 Å². The molecule has 3 N–H and O–H groups in total. The van der Waals surface area contributed by atoms with E-state index in [2.05, 4.69) is 5.32 Å². The van der Waals surface area contributed by atoms with Gasteiger partial charge in [-0.2, -0.15) is 0 Å². The third kappa shape index (κ3) is 4.09. The van der Waals surface area contributed by atoms with E-state index in [9.17, 15) is 19.8 Å². The summed E-state index contributed by atoms with van der Waals surface area (Å²) in [6.45, 7) is 0.309. The summed E-state index contributed by atoms with van der Waals surface area (Å²) in [7, 11) is 1.66. The lowest BCUT2D eigenvalue weighted by atomic mass is 9.84. The first kappa shape index (κ1) is 16.1. The largest absolute Gasteiger partial charge is 0.481 e. The summed E-state index contributed by atoms with van der Waals surface area (Å²) < 4.78 is 0. The number of nitrogens with zero attached hydrogens (tertiary/aromatic N) is 1. The molecular formula is C15H26N2O4. The van der Waals surface area contributed by atoms with Crippen LogP contribution in [0.25, 0.3) is 0 Å². The van der Waals surface area contributed by atoms with E-state index in [1.54, 1.807) is 7.05 Å². The number of aliphatic hydroxyl groups is 1. The summed E-state index contributed by atoms with van der Waals surface area (Å²) in [6.07, 6.45) is 6.62. The third-order valence-corrected chi connectivity index (χ3v) is 4.80. The molecule has 2 atom stereocenters. The van der Waals surface area contributed by atoms with Crippen LogP contribution in [-0.4, -0.2) is 52.3 Å². The van der Waals surface area contributed by atoms with Crippen molar-refractivity contribution in [3.63, 3.8) is 0 Å². The molecule has 0 bridgehead atoms. The summed E-state index contributed by atoms with van der Waals surface area (Å²) in [4.78, 5) is 24.9. The van der Waals surface area contributed by atoms with Gasteiger partial charge in [-0.25, -0.2) is 4.79 Å². The minimum absolute atomic E-state index is 0.284. The second kappa shape index (κ2) is 6.64. The Morgan fingerprint density at radius 1 is 1.19 bits per heavy atom. The van der Waals surface area contributed by atoms with Gasteiger partial charge in [-0.05, 0) is 25.7 Å². The highest BCUT2D eigenvalue weighted by Crippen LogP contribution is 2.30. The molecular weight excluding hydrogens is 272 g/mol. The number of carbonyl (C=O) groups is 2. The van der Waals surface area contributed by atoms with E-state index >= 15 is 0 Å². The minimum atomic E-state index is -0.836. The molecule has 2 rings (SSSR count). The molecule has 2 fully saturated rings. The van der Waals surface area contributed by atoms with Crippen molar-refractivity contribution in [1.82, 2.24) is 10.2 Å². The number of likely N-dealkylation sites (N-methyl/N-ethyl adjacent to an activating group) is 1. The number of carboxylic acid groups (broad SMARTS) is 1. The minimum Gasteiger partial charge on any atom is -0.481 e. The number of amides is 2. The average Bonchev–Trinajstić information content (AvgIpc) is 2.85. The van der Waals surface area contributed by atoms with Gasteiger partial charge in [0, 0.05) is 13.1 Å². The van der Waals surface area contributed by atoms with Crippen LogP contribution in [0.4, 0.5) is 4.79 Å². The maximum Gasteiger partial charge on any atom is 0.317 e. The fraction of sp³-hybridized carbons (Fsp3) is 0.867. The number of nitrogens with one attached hydrogen (secondary N) is 1. The Morgan fingerprint density at radius 3 is 2.43 bits per heavy atom. The Labute approximate surface area is 125 Å². The molecule has 0 spiro atoms. The van der Waals surface area contributed by atoms with Crippen LogP contribution in [0.1, 0.15) is 51.4 Å². The fourth-order valence-corrected chi connectivity index (χ4v) is 3.57. The summed E-state index contributed by atoms with van der Waals surface area (Å²) in [5, 5.41) is 22.4. The molecule has 2 aliphatic rings. The van der Waals surface area contributed by atoms with Gasteiger partial charge >= 0.3 is 12.0 Å². The van der Waals surface area contributed by atoms with E-state index in [1.165, 1.54) is 4.90 Å². The zero-order valence-electron chi connectivity index (χ0n) is 12.7. The van der Waals surface area contributed by atoms with Crippen molar-refractivity contribution >= 4 is 12.0 Å². The molecule has 0 heterocycles. The van der Waals surface area contributed by atoms with Gasteiger partial charge in [0.15, 0.2) is 0 Å². The van der Waals surface area contributed by atoms with Gasteiger partial charge in [-0.1, -0.05) is 25.7 Å². The van der Waals surface area contributed by atoms with Gasteiger partial charge in [-0.15, -0.1) is 0 Å². The lowest BCUT2D eigenvalue weighted by Gasteiger charge is -2.33.